The van der Waals surface area contributed by atoms with Crippen molar-refractivity contribution in [3.63, 3.8) is 0 Å². The Labute approximate surface area is 163 Å². The Morgan fingerprint density at radius 3 is 2.86 bits per heavy atom. The topological polar surface area (TPSA) is 91.8 Å². The highest BCUT2D eigenvalue weighted by molar-refractivity contribution is 5.81. The normalized spacial score (nSPS) is 13.1. The van der Waals surface area contributed by atoms with Gasteiger partial charge in [0.05, 0.1) is 5.39 Å². The number of aryl methyl sites for hydroxylation is 3. The van der Waals surface area contributed by atoms with Gasteiger partial charge in [-0.1, -0.05) is 18.2 Å². The summed E-state index contributed by atoms with van der Waals surface area (Å²) in [7, 11) is 1.78. The summed E-state index contributed by atoms with van der Waals surface area (Å²) >= 11 is 0. The predicted molar refractivity (Wildman–Crippen MR) is 108 cm³/mol. The van der Waals surface area contributed by atoms with E-state index in [4.69, 9.17) is 0 Å². The van der Waals surface area contributed by atoms with Crippen LogP contribution in [-0.4, -0.2) is 20.7 Å². The number of hydrogen-bond donors (Lipinski definition) is 3. The molecule has 0 radical (unpaired) electrons. The second-order valence-electron chi connectivity index (χ2n) is 7.48. The van der Waals surface area contributed by atoms with Crippen molar-refractivity contribution in [2.75, 3.05) is 0 Å². The van der Waals surface area contributed by atoms with Crippen LogP contribution in [0.3, 0.4) is 0 Å². The van der Waals surface area contributed by atoms with Gasteiger partial charge in [0.15, 0.2) is 5.65 Å². The number of aromatic amines is 1. The molecule has 3 heterocycles. The molecule has 0 saturated carbocycles. The number of aromatic nitrogens is 3. The zero-order valence-electron chi connectivity index (χ0n) is 16.5. The van der Waals surface area contributed by atoms with Crippen molar-refractivity contribution in [2.24, 2.45) is 7.05 Å². The van der Waals surface area contributed by atoms with E-state index in [1.54, 1.807) is 11.7 Å². The molecule has 7 nitrogen and oxygen atoms in total. The van der Waals surface area contributed by atoms with Crippen molar-refractivity contribution < 1.29 is 4.79 Å². The molecule has 3 aromatic rings. The smallest absolute Gasteiger partial charge is 0.273 e. The quantitative estimate of drug-likeness (QED) is 0.630. The molecule has 0 saturated heterocycles. The number of nitrogens with one attached hydrogen (secondary N) is 3. The Balaban J connectivity index is 1.42. The fourth-order valence-corrected chi connectivity index (χ4v) is 4.00. The second-order valence-corrected chi connectivity index (χ2v) is 7.48. The first-order valence-corrected chi connectivity index (χ1v) is 9.57. The minimum Gasteiger partial charge on any atom is -0.352 e. The molecular weight excluding hydrogens is 354 g/mol. The van der Waals surface area contributed by atoms with Crippen LogP contribution in [0.25, 0.3) is 11.0 Å². The Kier molecular flexibility index (Phi) is 4.77. The first kappa shape index (κ1) is 18.4. The number of amides is 1. The van der Waals surface area contributed by atoms with Crippen molar-refractivity contribution in [1.82, 2.24) is 25.4 Å². The van der Waals surface area contributed by atoms with E-state index in [9.17, 15) is 9.59 Å². The average molecular weight is 379 g/mol. The SMILES string of the molecule is Cc1nc2c(c(C)c1CCC(=O)NCc1ccc3c(c1)CNC3)c(=O)[nH]n2C. The van der Waals surface area contributed by atoms with E-state index in [0.717, 1.165) is 35.5 Å². The van der Waals surface area contributed by atoms with Crippen LogP contribution in [0.5, 0.6) is 0 Å². The van der Waals surface area contributed by atoms with Crippen LogP contribution in [0.4, 0.5) is 0 Å². The van der Waals surface area contributed by atoms with Gasteiger partial charge in [0.1, 0.15) is 0 Å². The maximum atomic E-state index is 12.4. The van der Waals surface area contributed by atoms with E-state index < -0.39 is 0 Å². The first-order chi connectivity index (χ1) is 13.4. The van der Waals surface area contributed by atoms with Crippen molar-refractivity contribution in [2.45, 2.75) is 46.3 Å². The lowest BCUT2D eigenvalue weighted by atomic mass is 10.00. The molecule has 3 N–H and O–H groups in total. The number of benzene rings is 1. The van der Waals surface area contributed by atoms with Gasteiger partial charge in [-0.2, -0.15) is 0 Å². The fraction of sp³-hybridized carbons (Fsp3) is 0.381. The minimum atomic E-state index is -0.140. The van der Waals surface area contributed by atoms with Crippen LogP contribution < -0.4 is 16.2 Å². The third-order valence-corrected chi connectivity index (χ3v) is 5.57. The van der Waals surface area contributed by atoms with Gasteiger partial charge >= 0.3 is 0 Å². The average Bonchev–Trinajstić information content (AvgIpc) is 3.23. The van der Waals surface area contributed by atoms with Gasteiger partial charge in [-0.3, -0.25) is 19.4 Å². The van der Waals surface area contributed by atoms with E-state index in [-0.39, 0.29) is 11.5 Å². The van der Waals surface area contributed by atoms with Crippen molar-refractivity contribution >= 4 is 16.9 Å². The molecule has 4 rings (SSSR count). The van der Waals surface area contributed by atoms with E-state index in [0.29, 0.717) is 30.4 Å². The van der Waals surface area contributed by atoms with Crippen LogP contribution in [0.15, 0.2) is 23.0 Å². The van der Waals surface area contributed by atoms with Crippen LogP contribution in [0.1, 0.15) is 39.9 Å². The molecule has 2 aromatic heterocycles. The lowest BCUT2D eigenvalue weighted by molar-refractivity contribution is -0.121. The Hall–Kier alpha value is -2.93. The third-order valence-electron chi connectivity index (χ3n) is 5.57. The van der Waals surface area contributed by atoms with E-state index >= 15 is 0 Å². The number of hydrogen-bond acceptors (Lipinski definition) is 4. The molecule has 0 spiro atoms. The maximum absolute atomic E-state index is 12.4. The van der Waals surface area contributed by atoms with Gasteiger partial charge in [0.2, 0.25) is 5.91 Å². The Morgan fingerprint density at radius 1 is 1.25 bits per heavy atom. The summed E-state index contributed by atoms with van der Waals surface area (Å²) < 4.78 is 1.64. The minimum absolute atomic E-state index is 0.000471. The number of fused-ring (bicyclic) bond motifs is 2. The molecule has 0 unspecified atom stereocenters. The third kappa shape index (κ3) is 3.33. The second kappa shape index (κ2) is 7.24. The lowest BCUT2D eigenvalue weighted by Gasteiger charge is -2.11. The molecule has 1 aromatic carbocycles. The number of carbonyl (C=O) groups excluding carboxylic acids is 1. The zero-order chi connectivity index (χ0) is 19.8. The molecule has 0 aliphatic carbocycles. The zero-order valence-corrected chi connectivity index (χ0v) is 16.5. The van der Waals surface area contributed by atoms with Gasteiger partial charge in [0, 0.05) is 38.8 Å². The summed E-state index contributed by atoms with van der Waals surface area (Å²) in [6.45, 7) is 6.20. The monoisotopic (exact) mass is 379 g/mol. The molecule has 0 fully saturated rings. The summed E-state index contributed by atoms with van der Waals surface area (Å²) in [6.07, 6.45) is 0.932. The van der Waals surface area contributed by atoms with Crippen LogP contribution in [0, 0.1) is 13.8 Å². The summed E-state index contributed by atoms with van der Waals surface area (Å²) in [4.78, 5) is 29.1. The predicted octanol–water partition coefficient (Wildman–Crippen LogP) is 1.73. The Bertz CT molecular complexity index is 1130. The van der Waals surface area contributed by atoms with Crippen molar-refractivity contribution in [3.8, 4) is 0 Å². The van der Waals surface area contributed by atoms with Gasteiger partial charge < -0.3 is 10.6 Å². The fourth-order valence-electron chi connectivity index (χ4n) is 4.00. The molecule has 1 amide bonds. The molecule has 146 valence electrons. The van der Waals surface area contributed by atoms with Gasteiger partial charge in [-0.25, -0.2) is 4.98 Å². The number of H-pyrrole nitrogens is 1. The number of pyridine rings is 1. The number of nitrogens with zero attached hydrogens (tertiary/aromatic N) is 2. The summed E-state index contributed by atoms with van der Waals surface area (Å²) in [6, 6.07) is 6.35. The van der Waals surface area contributed by atoms with Crippen LogP contribution in [0.2, 0.25) is 0 Å². The highest BCUT2D eigenvalue weighted by Gasteiger charge is 2.16. The Morgan fingerprint density at radius 2 is 2.04 bits per heavy atom. The van der Waals surface area contributed by atoms with Crippen LogP contribution in [-0.2, 0) is 37.9 Å². The highest BCUT2D eigenvalue weighted by atomic mass is 16.1. The lowest BCUT2D eigenvalue weighted by Crippen LogP contribution is -2.23. The van der Waals surface area contributed by atoms with E-state index in [1.165, 1.54) is 11.1 Å². The molecule has 28 heavy (non-hydrogen) atoms. The standard InChI is InChI=1S/C21H25N5O2/c1-12-17(13(2)24-20-19(12)21(28)25-26(20)3)6-7-18(27)23-9-14-4-5-15-10-22-11-16(15)8-14/h4-5,8,22H,6-7,9-11H2,1-3H3,(H,23,27)(H,25,28). The van der Waals surface area contributed by atoms with Crippen molar-refractivity contribution in [3.05, 3.63) is 62.1 Å². The molecule has 1 aliphatic heterocycles. The van der Waals surface area contributed by atoms with Crippen molar-refractivity contribution in [1.29, 1.82) is 0 Å². The van der Waals surface area contributed by atoms with Gasteiger partial charge in [-0.15, -0.1) is 0 Å². The molecule has 7 heteroatoms. The van der Waals surface area contributed by atoms with E-state index in [2.05, 4.69) is 38.9 Å². The largest absolute Gasteiger partial charge is 0.352 e. The highest BCUT2D eigenvalue weighted by Crippen LogP contribution is 2.21. The summed E-state index contributed by atoms with van der Waals surface area (Å²) in [5.41, 5.74) is 7.01. The number of carbonyl (C=O) groups is 1. The molecule has 1 aliphatic rings. The molecular formula is C21H25N5O2. The first-order valence-electron chi connectivity index (χ1n) is 9.57. The molecule has 0 atom stereocenters. The van der Waals surface area contributed by atoms with E-state index in [1.807, 2.05) is 13.8 Å². The van der Waals surface area contributed by atoms with Gasteiger partial charge in [0.25, 0.3) is 5.56 Å². The maximum Gasteiger partial charge on any atom is 0.273 e. The summed E-state index contributed by atoms with van der Waals surface area (Å²) in [5, 5.41) is 9.68. The van der Waals surface area contributed by atoms with Gasteiger partial charge in [-0.05, 0) is 48.1 Å². The molecule has 0 bridgehead atoms. The summed E-state index contributed by atoms with van der Waals surface area (Å²) in [5.74, 6) is -0.000471. The van der Waals surface area contributed by atoms with Crippen LogP contribution >= 0.6 is 0 Å². The number of rotatable bonds is 5.